The first kappa shape index (κ1) is 12.2. The number of aryl methyl sites for hydroxylation is 2. The van der Waals surface area contributed by atoms with Crippen LogP contribution in [0.3, 0.4) is 0 Å². The molecule has 0 bridgehead atoms. The Balaban J connectivity index is 2.28. The van der Waals surface area contributed by atoms with Crippen molar-refractivity contribution in [2.24, 2.45) is 0 Å². The van der Waals surface area contributed by atoms with E-state index in [-0.39, 0.29) is 16.1 Å². The topological polar surface area (TPSA) is 105 Å². The minimum absolute atomic E-state index is 0.00228. The highest BCUT2D eigenvalue weighted by Gasteiger charge is 2.21. The molecule has 7 nitrogen and oxygen atoms in total. The number of amides is 1. The van der Waals surface area contributed by atoms with Gasteiger partial charge in [-0.15, -0.1) is 0 Å². The van der Waals surface area contributed by atoms with Crippen LogP contribution in [0, 0.1) is 13.8 Å². The van der Waals surface area contributed by atoms with Gasteiger partial charge in [0.1, 0.15) is 21.9 Å². The summed E-state index contributed by atoms with van der Waals surface area (Å²) in [6, 6.07) is 0. The quantitative estimate of drug-likeness (QED) is 0.876. The van der Waals surface area contributed by atoms with Gasteiger partial charge in [0.15, 0.2) is 0 Å². The van der Waals surface area contributed by atoms with Gasteiger partial charge >= 0.3 is 5.97 Å². The van der Waals surface area contributed by atoms with Crippen LogP contribution in [0.4, 0.5) is 5.00 Å². The summed E-state index contributed by atoms with van der Waals surface area (Å²) in [6.45, 7) is 3.16. The summed E-state index contributed by atoms with van der Waals surface area (Å²) in [4.78, 5) is 22.9. The molecule has 2 heterocycles. The van der Waals surface area contributed by atoms with Crippen molar-refractivity contribution in [1.29, 1.82) is 0 Å². The third kappa shape index (κ3) is 2.09. The van der Waals surface area contributed by atoms with Crippen LogP contribution in [0.25, 0.3) is 0 Å². The van der Waals surface area contributed by atoms with Gasteiger partial charge in [-0.2, -0.15) is 4.37 Å². The average molecular weight is 267 g/mol. The first-order valence-corrected chi connectivity index (χ1v) is 5.70. The zero-order valence-corrected chi connectivity index (χ0v) is 10.4. The second-order valence-corrected chi connectivity index (χ2v) is 4.30. The number of nitrogens with one attached hydrogen (secondary N) is 1. The maximum absolute atomic E-state index is 11.9. The third-order valence-corrected chi connectivity index (χ3v) is 3.15. The molecule has 1 amide bonds. The molecule has 0 fully saturated rings. The molecule has 0 saturated carbocycles. The van der Waals surface area contributed by atoms with Gasteiger partial charge in [-0.1, -0.05) is 5.16 Å². The predicted molar refractivity (Wildman–Crippen MR) is 63.0 cm³/mol. The van der Waals surface area contributed by atoms with E-state index in [1.54, 1.807) is 13.8 Å². The molecule has 0 aromatic carbocycles. The summed E-state index contributed by atoms with van der Waals surface area (Å²) in [5.74, 6) is -1.23. The van der Waals surface area contributed by atoms with Crippen LogP contribution in [-0.2, 0) is 0 Å². The van der Waals surface area contributed by atoms with Gasteiger partial charge < -0.3 is 14.9 Å². The standard InChI is InChI=1S/C10H9N3O4S/c1-4-7(10(15)16)9(18-13-4)12-8(14)6-3-11-17-5(6)2/h3H,1-2H3,(H,12,14)(H,15,16). The molecular formula is C10H9N3O4S. The molecule has 0 saturated heterocycles. The highest BCUT2D eigenvalue weighted by molar-refractivity contribution is 7.11. The van der Waals surface area contributed by atoms with Crippen LogP contribution in [0.1, 0.15) is 32.2 Å². The van der Waals surface area contributed by atoms with Gasteiger partial charge in [0.25, 0.3) is 5.91 Å². The summed E-state index contributed by atoms with van der Waals surface area (Å²) < 4.78 is 8.67. The monoisotopic (exact) mass is 267 g/mol. The largest absolute Gasteiger partial charge is 0.478 e. The van der Waals surface area contributed by atoms with Gasteiger partial charge in [-0.05, 0) is 25.4 Å². The number of hydrogen-bond donors (Lipinski definition) is 2. The number of aromatic carboxylic acids is 1. The zero-order chi connectivity index (χ0) is 13.3. The first-order valence-electron chi connectivity index (χ1n) is 4.93. The normalized spacial score (nSPS) is 10.3. The summed E-state index contributed by atoms with van der Waals surface area (Å²) in [5.41, 5.74) is 0.629. The van der Waals surface area contributed by atoms with Gasteiger partial charge in [0.05, 0.1) is 11.9 Å². The van der Waals surface area contributed by atoms with E-state index < -0.39 is 11.9 Å². The van der Waals surface area contributed by atoms with Gasteiger partial charge in [0.2, 0.25) is 0 Å². The minimum atomic E-state index is -1.13. The molecule has 2 aromatic rings. The Morgan fingerprint density at radius 2 is 2.17 bits per heavy atom. The van der Waals surface area contributed by atoms with E-state index in [9.17, 15) is 9.59 Å². The second kappa shape index (κ2) is 4.57. The molecule has 0 spiro atoms. The number of carboxylic acid groups (broad SMARTS) is 1. The number of nitrogens with zero attached hydrogens (tertiary/aromatic N) is 2. The Morgan fingerprint density at radius 1 is 1.44 bits per heavy atom. The molecule has 0 radical (unpaired) electrons. The van der Waals surface area contributed by atoms with E-state index in [4.69, 9.17) is 9.63 Å². The van der Waals surface area contributed by atoms with Crippen LogP contribution in [-0.4, -0.2) is 26.5 Å². The Labute approximate surface area is 106 Å². The van der Waals surface area contributed by atoms with E-state index >= 15 is 0 Å². The Morgan fingerprint density at radius 3 is 2.72 bits per heavy atom. The molecule has 0 atom stereocenters. The Bertz CT molecular complexity index is 616. The molecule has 8 heteroatoms. The fourth-order valence-corrected chi connectivity index (χ4v) is 2.18. The number of hydrogen-bond acceptors (Lipinski definition) is 6. The summed E-state index contributed by atoms with van der Waals surface area (Å²) in [5, 5.41) is 15.2. The third-order valence-electron chi connectivity index (χ3n) is 2.30. The molecule has 0 aliphatic heterocycles. The average Bonchev–Trinajstić information content (AvgIpc) is 2.85. The molecule has 2 rings (SSSR count). The summed E-state index contributed by atoms with van der Waals surface area (Å²) in [6.07, 6.45) is 1.28. The molecule has 94 valence electrons. The van der Waals surface area contributed by atoms with E-state index in [1.165, 1.54) is 6.20 Å². The molecule has 2 N–H and O–H groups in total. The lowest BCUT2D eigenvalue weighted by Crippen LogP contribution is -2.13. The SMILES string of the molecule is Cc1nsc(NC(=O)c2cnoc2C)c1C(=O)O. The van der Waals surface area contributed by atoms with Crippen molar-refractivity contribution in [1.82, 2.24) is 9.53 Å². The van der Waals surface area contributed by atoms with Gasteiger partial charge in [-0.3, -0.25) is 4.79 Å². The highest BCUT2D eigenvalue weighted by Crippen LogP contribution is 2.25. The van der Waals surface area contributed by atoms with Crippen molar-refractivity contribution in [3.05, 3.63) is 28.8 Å². The smallest absolute Gasteiger partial charge is 0.340 e. The van der Waals surface area contributed by atoms with Crippen LogP contribution < -0.4 is 5.32 Å². The van der Waals surface area contributed by atoms with Crippen LogP contribution in [0.2, 0.25) is 0 Å². The fraction of sp³-hybridized carbons (Fsp3) is 0.200. The number of aromatic nitrogens is 2. The molecule has 0 unspecified atom stereocenters. The second-order valence-electron chi connectivity index (χ2n) is 3.53. The van der Waals surface area contributed by atoms with Crippen LogP contribution in [0.15, 0.2) is 10.7 Å². The molecular weight excluding hydrogens is 258 g/mol. The lowest BCUT2D eigenvalue weighted by molar-refractivity contribution is 0.0697. The summed E-state index contributed by atoms with van der Waals surface area (Å²) >= 11 is 0.922. The van der Waals surface area contributed by atoms with Gasteiger partial charge in [0, 0.05) is 0 Å². The summed E-state index contributed by atoms with van der Waals surface area (Å²) in [7, 11) is 0. The van der Waals surface area contributed by atoms with Crippen LogP contribution in [0.5, 0.6) is 0 Å². The molecule has 18 heavy (non-hydrogen) atoms. The minimum Gasteiger partial charge on any atom is -0.478 e. The Hall–Kier alpha value is -2.22. The molecule has 0 aliphatic carbocycles. The van der Waals surface area contributed by atoms with Crippen molar-refractivity contribution < 1.29 is 19.2 Å². The van der Waals surface area contributed by atoms with E-state index in [2.05, 4.69) is 14.8 Å². The number of carbonyl (C=O) groups excluding carboxylic acids is 1. The Kier molecular flexibility index (Phi) is 3.11. The predicted octanol–water partition coefficient (Wildman–Crippen LogP) is 1.70. The lowest BCUT2D eigenvalue weighted by atomic mass is 10.2. The highest BCUT2D eigenvalue weighted by atomic mass is 32.1. The zero-order valence-electron chi connectivity index (χ0n) is 9.55. The maximum Gasteiger partial charge on any atom is 0.340 e. The van der Waals surface area contributed by atoms with Crippen LogP contribution >= 0.6 is 11.5 Å². The number of carboxylic acids is 1. The van der Waals surface area contributed by atoms with Gasteiger partial charge in [-0.25, -0.2) is 4.79 Å². The number of rotatable bonds is 3. The van der Waals surface area contributed by atoms with E-state index in [0.717, 1.165) is 11.5 Å². The first-order chi connectivity index (χ1) is 8.50. The number of carbonyl (C=O) groups is 2. The van der Waals surface area contributed by atoms with Crippen molar-refractivity contribution in [2.45, 2.75) is 13.8 Å². The number of anilines is 1. The molecule has 0 aliphatic rings. The van der Waals surface area contributed by atoms with E-state index in [1.807, 2.05) is 0 Å². The fourth-order valence-electron chi connectivity index (χ4n) is 1.39. The van der Waals surface area contributed by atoms with Crippen molar-refractivity contribution in [3.8, 4) is 0 Å². The maximum atomic E-state index is 11.9. The lowest BCUT2D eigenvalue weighted by Gasteiger charge is -2.01. The van der Waals surface area contributed by atoms with Crippen molar-refractivity contribution in [3.63, 3.8) is 0 Å². The van der Waals surface area contributed by atoms with E-state index in [0.29, 0.717) is 11.5 Å². The van der Waals surface area contributed by atoms with Crippen molar-refractivity contribution >= 4 is 28.4 Å². The molecule has 2 aromatic heterocycles. The van der Waals surface area contributed by atoms with Crippen molar-refractivity contribution in [2.75, 3.05) is 5.32 Å².